The molecule has 0 aliphatic rings. The summed E-state index contributed by atoms with van der Waals surface area (Å²) in [4.78, 5) is 18.5. The third-order valence-corrected chi connectivity index (χ3v) is 5.19. The van der Waals surface area contributed by atoms with Crippen molar-refractivity contribution in [1.29, 1.82) is 0 Å². The van der Waals surface area contributed by atoms with Crippen LogP contribution in [0.3, 0.4) is 0 Å². The molecule has 2 heterocycles. The highest BCUT2D eigenvalue weighted by atomic mass is 79.9. The van der Waals surface area contributed by atoms with Crippen molar-refractivity contribution in [2.45, 2.75) is 46.3 Å². The van der Waals surface area contributed by atoms with E-state index in [9.17, 15) is 4.79 Å². The van der Waals surface area contributed by atoms with Gasteiger partial charge < -0.3 is 18.8 Å². The van der Waals surface area contributed by atoms with Crippen LogP contribution in [-0.4, -0.2) is 34.7 Å². The second-order valence-corrected chi connectivity index (χ2v) is 8.82. The second-order valence-electron chi connectivity index (χ2n) is 8.10. The molecule has 3 rings (SSSR count). The van der Waals surface area contributed by atoms with Crippen molar-refractivity contribution in [1.82, 2.24) is 9.88 Å². The van der Waals surface area contributed by atoms with E-state index in [-0.39, 0.29) is 6.09 Å². The predicted octanol–water partition coefficient (Wildman–Crippen LogP) is 6.10. The van der Waals surface area contributed by atoms with Gasteiger partial charge in [0.25, 0.3) is 0 Å². The summed E-state index contributed by atoms with van der Waals surface area (Å²) in [5, 5.41) is 0.962. The lowest BCUT2D eigenvalue weighted by molar-refractivity contribution is 0.0225. The number of rotatable bonds is 7. The highest BCUT2D eigenvalue weighted by Gasteiger charge is 2.22. The number of carbonyl (C=O) groups is 1. The standard InChI is InChI=1S/C23H27BrN2O4/c1-16-20-18(9-5-10-19(20)29-21(16)24)28-13-7-12-26(22(27)30-23(2,3)4)15-17-8-6-11-25-14-17/h5-6,8-11,14H,7,12-13,15H2,1-4H3. The number of ether oxygens (including phenoxy) is 2. The van der Waals surface area contributed by atoms with Crippen molar-refractivity contribution in [2.24, 2.45) is 0 Å². The molecule has 1 amide bonds. The molecule has 160 valence electrons. The van der Waals surface area contributed by atoms with Crippen LogP contribution >= 0.6 is 15.9 Å². The van der Waals surface area contributed by atoms with Crippen molar-refractivity contribution in [3.63, 3.8) is 0 Å². The van der Waals surface area contributed by atoms with Gasteiger partial charge in [0.1, 0.15) is 16.9 Å². The molecule has 0 saturated heterocycles. The number of furan rings is 1. The average molecular weight is 475 g/mol. The lowest BCUT2D eigenvalue weighted by Gasteiger charge is -2.27. The molecule has 0 aliphatic heterocycles. The zero-order valence-electron chi connectivity index (χ0n) is 17.8. The van der Waals surface area contributed by atoms with E-state index in [0.717, 1.165) is 27.8 Å². The summed E-state index contributed by atoms with van der Waals surface area (Å²) in [5.74, 6) is 0.774. The predicted molar refractivity (Wildman–Crippen MR) is 120 cm³/mol. The number of halogens is 1. The fraction of sp³-hybridized carbons (Fsp3) is 0.391. The summed E-state index contributed by atoms with van der Waals surface area (Å²) < 4.78 is 18.0. The Hall–Kier alpha value is -2.54. The lowest BCUT2D eigenvalue weighted by Crippen LogP contribution is -2.37. The van der Waals surface area contributed by atoms with Crippen LogP contribution < -0.4 is 4.74 Å². The Labute approximate surface area is 185 Å². The molecule has 30 heavy (non-hydrogen) atoms. The number of amides is 1. The maximum atomic E-state index is 12.7. The monoisotopic (exact) mass is 474 g/mol. The van der Waals surface area contributed by atoms with Crippen LogP contribution in [0.2, 0.25) is 0 Å². The van der Waals surface area contributed by atoms with Crippen LogP contribution in [0.4, 0.5) is 4.79 Å². The maximum Gasteiger partial charge on any atom is 0.410 e. The van der Waals surface area contributed by atoms with Crippen LogP contribution in [0.5, 0.6) is 5.75 Å². The van der Waals surface area contributed by atoms with Gasteiger partial charge in [0.05, 0.1) is 18.5 Å². The number of benzene rings is 1. The Morgan fingerprint density at radius 2 is 2.03 bits per heavy atom. The van der Waals surface area contributed by atoms with Gasteiger partial charge in [0.15, 0.2) is 4.67 Å². The summed E-state index contributed by atoms with van der Waals surface area (Å²) in [5.41, 5.74) is 2.19. The number of hydrogen-bond acceptors (Lipinski definition) is 5. The van der Waals surface area contributed by atoms with E-state index in [2.05, 4.69) is 20.9 Å². The van der Waals surface area contributed by atoms with Gasteiger partial charge in [0.2, 0.25) is 0 Å². The van der Waals surface area contributed by atoms with Crippen LogP contribution in [0.15, 0.2) is 51.8 Å². The van der Waals surface area contributed by atoms with Crippen molar-refractivity contribution >= 4 is 33.0 Å². The Bertz CT molecular complexity index is 996. The first-order valence-electron chi connectivity index (χ1n) is 9.92. The van der Waals surface area contributed by atoms with E-state index >= 15 is 0 Å². The summed E-state index contributed by atoms with van der Waals surface area (Å²) in [6, 6.07) is 9.55. The van der Waals surface area contributed by atoms with E-state index in [0.29, 0.717) is 30.8 Å². The quantitative estimate of drug-likeness (QED) is 0.386. The highest BCUT2D eigenvalue weighted by molar-refractivity contribution is 9.10. The third-order valence-electron chi connectivity index (χ3n) is 4.44. The molecule has 0 atom stereocenters. The number of aromatic nitrogens is 1. The largest absolute Gasteiger partial charge is 0.493 e. The molecule has 0 radical (unpaired) electrons. The molecule has 6 nitrogen and oxygen atoms in total. The number of carbonyl (C=O) groups excluding carboxylic acids is 1. The van der Waals surface area contributed by atoms with Gasteiger partial charge in [-0.3, -0.25) is 4.98 Å². The first-order valence-corrected chi connectivity index (χ1v) is 10.7. The summed E-state index contributed by atoms with van der Waals surface area (Å²) in [7, 11) is 0. The molecule has 0 N–H and O–H groups in total. The smallest absolute Gasteiger partial charge is 0.410 e. The number of aryl methyl sites for hydroxylation is 1. The normalized spacial score (nSPS) is 11.5. The minimum atomic E-state index is -0.553. The van der Waals surface area contributed by atoms with E-state index < -0.39 is 5.60 Å². The minimum absolute atomic E-state index is 0.344. The SMILES string of the molecule is Cc1c(Br)oc2cccc(OCCCN(Cc3cccnc3)C(=O)OC(C)(C)C)c12. The van der Waals surface area contributed by atoms with Crippen molar-refractivity contribution < 1.29 is 18.7 Å². The van der Waals surface area contributed by atoms with Crippen LogP contribution in [0.25, 0.3) is 11.0 Å². The average Bonchev–Trinajstić information content (AvgIpc) is 2.98. The lowest BCUT2D eigenvalue weighted by atomic mass is 10.2. The van der Waals surface area contributed by atoms with E-state index in [1.807, 2.05) is 58.0 Å². The van der Waals surface area contributed by atoms with Crippen molar-refractivity contribution in [3.8, 4) is 5.75 Å². The summed E-state index contributed by atoms with van der Waals surface area (Å²) in [6.45, 7) is 8.99. The van der Waals surface area contributed by atoms with Gasteiger partial charge in [-0.15, -0.1) is 0 Å². The Kier molecular flexibility index (Phi) is 7.02. The Balaban J connectivity index is 1.63. The fourth-order valence-corrected chi connectivity index (χ4v) is 3.44. The molecule has 1 aromatic carbocycles. The second kappa shape index (κ2) is 9.51. The van der Waals surface area contributed by atoms with E-state index in [1.54, 1.807) is 17.3 Å². The molecule has 7 heteroatoms. The molecular formula is C23H27BrN2O4. The Morgan fingerprint density at radius 3 is 2.73 bits per heavy atom. The van der Waals surface area contributed by atoms with E-state index in [1.165, 1.54) is 0 Å². The molecular weight excluding hydrogens is 448 g/mol. The molecule has 0 fully saturated rings. The molecule has 3 aromatic rings. The fourth-order valence-electron chi connectivity index (χ4n) is 3.07. The topological polar surface area (TPSA) is 64.8 Å². The van der Waals surface area contributed by atoms with Gasteiger partial charge in [-0.25, -0.2) is 4.79 Å². The van der Waals surface area contributed by atoms with E-state index in [4.69, 9.17) is 13.9 Å². The van der Waals surface area contributed by atoms with Crippen molar-refractivity contribution in [3.05, 3.63) is 58.5 Å². The van der Waals surface area contributed by atoms with Crippen LogP contribution in [0.1, 0.15) is 38.3 Å². The third kappa shape index (κ3) is 5.75. The van der Waals surface area contributed by atoms with Gasteiger partial charge in [-0.2, -0.15) is 0 Å². The summed E-state index contributed by atoms with van der Waals surface area (Å²) in [6.07, 6.45) is 3.79. The van der Waals surface area contributed by atoms with Crippen LogP contribution in [0, 0.1) is 6.92 Å². The number of nitrogens with zero attached hydrogens (tertiary/aromatic N) is 2. The van der Waals surface area contributed by atoms with Crippen LogP contribution in [-0.2, 0) is 11.3 Å². The number of fused-ring (bicyclic) bond motifs is 1. The molecule has 0 spiro atoms. The zero-order chi connectivity index (χ0) is 21.7. The highest BCUT2D eigenvalue weighted by Crippen LogP contribution is 2.35. The molecule has 2 aromatic heterocycles. The minimum Gasteiger partial charge on any atom is -0.493 e. The molecule has 0 bridgehead atoms. The summed E-state index contributed by atoms with van der Waals surface area (Å²) >= 11 is 3.43. The Morgan fingerprint density at radius 1 is 1.23 bits per heavy atom. The maximum absolute atomic E-state index is 12.7. The van der Waals surface area contributed by atoms with Gasteiger partial charge in [-0.05, 0) is 73.8 Å². The van der Waals surface area contributed by atoms with Crippen molar-refractivity contribution in [2.75, 3.05) is 13.2 Å². The zero-order valence-corrected chi connectivity index (χ0v) is 19.4. The first-order chi connectivity index (χ1) is 14.2. The number of pyridine rings is 1. The first kappa shape index (κ1) is 22.2. The van der Waals surface area contributed by atoms with Gasteiger partial charge >= 0.3 is 6.09 Å². The number of hydrogen-bond donors (Lipinski definition) is 0. The molecule has 0 unspecified atom stereocenters. The van der Waals surface area contributed by atoms with Gasteiger partial charge in [-0.1, -0.05) is 12.1 Å². The molecule has 0 saturated carbocycles. The van der Waals surface area contributed by atoms with Gasteiger partial charge in [0, 0.05) is 24.5 Å². The molecule has 0 aliphatic carbocycles.